The van der Waals surface area contributed by atoms with Crippen LogP contribution < -0.4 is 0 Å². The molecule has 64 heavy (non-hydrogen) atoms. The Kier molecular flexibility index (Phi) is 8.81. The minimum Gasteiger partial charge on any atom is -0.309 e. The summed E-state index contributed by atoms with van der Waals surface area (Å²) in [4.78, 5) is 14.0. The molecule has 0 aliphatic rings. The average Bonchev–Trinajstić information content (AvgIpc) is 3.89. The van der Waals surface area contributed by atoms with Gasteiger partial charge in [-0.25, -0.2) is 14.8 Å². The fraction of sp³-hybridized carbons (Fsp3) is 0. The van der Waals surface area contributed by atoms with Crippen LogP contribution >= 0.6 is 0 Å². The van der Waals surface area contributed by atoms with Crippen molar-refractivity contribution in [2.24, 2.45) is 0 Å². The number of aromatic nitrogens is 4. The van der Waals surface area contributed by atoms with E-state index in [0.29, 0.717) is 11.5 Å². The molecule has 0 saturated heterocycles. The maximum Gasteiger partial charge on any atom is 0.187 e. The zero-order valence-corrected chi connectivity index (χ0v) is 34.6. The van der Waals surface area contributed by atoms with Crippen molar-refractivity contribution < 1.29 is 0 Å². The molecule has 0 aliphatic heterocycles. The molecule has 0 atom stereocenters. The monoisotopic (exact) mass is 815 g/mol. The molecule has 5 nitrogen and oxygen atoms in total. The van der Waals surface area contributed by atoms with Gasteiger partial charge < -0.3 is 9.13 Å². The van der Waals surface area contributed by atoms with Gasteiger partial charge in [0.1, 0.15) is 0 Å². The third kappa shape index (κ3) is 6.33. The maximum atomic E-state index is 7.69. The first kappa shape index (κ1) is 37.0. The predicted molar refractivity (Wildman–Crippen MR) is 264 cm³/mol. The lowest BCUT2D eigenvalue weighted by Gasteiger charge is -2.13. The Balaban J connectivity index is 0.996. The van der Waals surface area contributed by atoms with Gasteiger partial charge in [0.2, 0.25) is 0 Å². The zero-order valence-electron chi connectivity index (χ0n) is 34.6. The van der Waals surface area contributed by atoms with Gasteiger partial charge in [0.05, 0.1) is 40.0 Å². The number of hydrogen-bond donors (Lipinski definition) is 0. The summed E-state index contributed by atoms with van der Waals surface area (Å²) in [5.74, 6) is 0.570. The lowest BCUT2D eigenvalue weighted by Crippen LogP contribution is -1.98. The lowest BCUT2D eigenvalue weighted by molar-refractivity contribution is 1.16. The number of hydrogen-bond acceptors (Lipinski definition) is 2. The minimum atomic E-state index is 0.548. The Labute approximate surface area is 370 Å². The van der Waals surface area contributed by atoms with E-state index < -0.39 is 0 Å². The van der Waals surface area contributed by atoms with Crippen LogP contribution in [0, 0.1) is 6.57 Å². The zero-order chi connectivity index (χ0) is 42.6. The van der Waals surface area contributed by atoms with Crippen molar-refractivity contribution >= 4 is 49.3 Å². The van der Waals surface area contributed by atoms with E-state index in [-0.39, 0.29) is 0 Å². The summed E-state index contributed by atoms with van der Waals surface area (Å²) in [5, 5.41) is 4.84. The Morgan fingerprint density at radius 3 is 1.59 bits per heavy atom. The van der Waals surface area contributed by atoms with Gasteiger partial charge in [-0.05, 0) is 89.0 Å². The molecule has 3 aromatic heterocycles. The molecule has 0 unspecified atom stereocenters. The molecule has 0 N–H and O–H groups in total. The molecule has 9 aromatic carbocycles. The van der Waals surface area contributed by atoms with Crippen LogP contribution in [0.3, 0.4) is 0 Å². The highest BCUT2D eigenvalue weighted by atomic mass is 15.0. The topological polar surface area (TPSA) is 40.0 Å². The molecule has 0 radical (unpaired) electrons. The summed E-state index contributed by atoms with van der Waals surface area (Å²) in [6.07, 6.45) is 0. The molecule has 0 bridgehead atoms. The molecule has 0 spiro atoms. The number of fused-ring (bicyclic) bond motifs is 6. The van der Waals surface area contributed by atoms with Gasteiger partial charge in [-0.1, -0.05) is 158 Å². The van der Waals surface area contributed by atoms with E-state index in [9.17, 15) is 0 Å². The van der Waals surface area contributed by atoms with Gasteiger partial charge in [-0.3, -0.25) is 0 Å². The van der Waals surface area contributed by atoms with E-state index in [0.717, 1.165) is 72.7 Å². The second kappa shape index (κ2) is 15.3. The largest absolute Gasteiger partial charge is 0.309 e. The molecule has 0 amide bonds. The van der Waals surface area contributed by atoms with E-state index in [1.54, 1.807) is 0 Å². The van der Waals surface area contributed by atoms with Crippen molar-refractivity contribution in [1.29, 1.82) is 0 Å². The van der Waals surface area contributed by atoms with Crippen molar-refractivity contribution in [1.82, 2.24) is 19.1 Å². The Hall–Kier alpha value is -8.85. The summed E-state index contributed by atoms with van der Waals surface area (Å²) in [5.41, 5.74) is 16.3. The fourth-order valence-corrected chi connectivity index (χ4v) is 9.29. The van der Waals surface area contributed by atoms with Crippen molar-refractivity contribution in [3.8, 4) is 67.5 Å². The van der Waals surface area contributed by atoms with Crippen LogP contribution in [0.1, 0.15) is 0 Å². The summed E-state index contributed by atoms with van der Waals surface area (Å²) >= 11 is 0. The molecular weight excluding hydrogens is 779 g/mol. The van der Waals surface area contributed by atoms with Crippen LogP contribution in [0.5, 0.6) is 0 Å². The summed E-state index contributed by atoms with van der Waals surface area (Å²) < 4.78 is 4.74. The van der Waals surface area contributed by atoms with Crippen LogP contribution in [0.15, 0.2) is 224 Å². The van der Waals surface area contributed by atoms with Crippen LogP contribution in [0.2, 0.25) is 0 Å². The number of nitrogens with zero attached hydrogens (tertiary/aromatic N) is 5. The van der Waals surface area contributed by atoms with E-state index in [2.05, 4.69) is 208 Å². The second-order valence-electron chi connectivity index (χ2n) is 16.1. The van der Waals surface area contributed by atoms with Gasteiger partial charge in [0, 0.05) is 49.6 Å². The van der Waals surface area contributed by atoms with Gasteiger partial charge in [-0.2, -0.15) is 0 Å². The van der Waals surface area contributed by atoms with Crippen molar-refractivity contribution in [2.45, 2.75) is 0 Å². The quantitative estimate of drug-likeness (QED) is 0.150. The van der Waals surface area contributed by atoms with Crippen molar-refractivity contribution in [3.05, 3.63) is 236 Å². The molecule has 5 heteroatoms. The van der Waals surface area contributed by atoms with Gasteiger partial charge >= 0.3 is 0 Å². The first-order valence-corrected chi connectivity index (χ1v) is 21.4. The number of benzene rings is 9. The lowest BCUT2D eigenvalue weighted by atomic mass is 10.0. The van der Waals surface area contributed by atoms with Gasteiger partial charge in [0.25, 0.3) is 0 Å². The summed E-state index contributed by atoms with van der Waals surface area (Å²) in [6.45, 7) is 7.69. The SMILES string of the molecule is [C-]#[N+]c1cccc(-c2nc(-c3ccc(-c4ccccc4)cc3)cc(-c3cccc(-n4c5ccccc5c5ccc(-c6ccc7c(c6)c6ccccc6n7-c6ccccc6)cc54)c3)n2)c1. The average molecular weight is 816 g/mol. The number of rotatable bonds is 7. The van der Waals surface area contributed by atoms with Gasteiger partial charge in [-0.15, -0.1) is 0 Å². The van der Waals surface area contributed by atoms with Crippen LogP contribution in [-0.4, -0.2) is 19.1 Å². The summed E-state index contributed by atoms with van der Waals surface area (Å²) in [7, 11) is 0. The molecule has 3 heterocycles. The third-order valence-corrected chi connectivity index (χ3v) is 12.3. The maximum absolute atomic E-state index is 7.69. The highest BCUT2D eigenvalue weighted by Gasteiger charge is 2.18. The molecule has 0 saturated carbocycles. The molecule has 12 rings (SSSR count). The normalized spacial score (nSPS) is 11.4. The van der Waals surface area contributed by atoms with E-state index in [4.69, 9.17) is 16.5 Å². The predicted octanol–water partition coefficient (Wildman–Crippen LogP) is 15.6. The van der Waals surface area contributed by atoms with Crippen LogP contribution in [0.4, 0.5) is 5.69 Å². The van der Waals surface area contributed by atoms with Crippen molar-refractivity contribution in [3.63, 3.8) is 0 Å². The Morgan fingerprint density at radius 2 is 0.828 bits per heavy atom. The standard InChI is InChI=1S/C59H37N5/c1-60-46-18-12-17-45(34-46)59-61-53(41-28-26-40(27-29-41)39-14-4-2-5-15-39)38-54(62-59)44-16-13-21-48(35-44)64-55-24-10-8-22-49(55)51-32-30-43(37-58(51)64)42-31-33-57-52(36-42)50-23-9-11-25-56(50)63(57)47-19-6-3-7-20-47/h2-38H. The molecular formula is C59H37N5. The third-order valence-electron chi connectivity index (χ3n) is 12.3. The highest BCUT2D eigenvalue weighted by Crippen LogP contribution is 2.39. The molecule has 0 fully saturated rings. The first-order valence-electron chi connectivity index (χ1n) is 21.4. The van der Waals surface area contributed by atoms with E-state index in [1.807, 2.05) is 30.3 Å². The van der Waals surface area contributed by atoms with Gasteiger partial charge in [0.15, 0.2) is 11.5 Å². The second-order valence-corrected chi connectivity index (χ2v) is 16.1. The first-order chi connectivity index (χ1) is 31.7. The number of para-hydroxylation sites is 3. The molecule has 0 aliphatic carbocycles. The van der Waals surface area contributed by atoms with E-state index in [1.165, 1.54) is 32.6 Å². The van der Waals surface area contributed by atoms with Crippen molar-refractivity contribution in [2.75, 3.05) is 0 Å². The minimum absolute atomic E-state index is 0.548. The van der Waals surface area contributed by atoms with Crippen LogP contribution in [0.25, 0.3) is 116 Å². The molecule has 12 aromatic rings. The van der Waals surface area contributed by atoms with Crippen LogP contribution in [-0.2, 0) is 0 Å². The highest BCUT2D eigenvalue weighted by molar-refractivity contribution is 6.12. The van der Waals surface area contributed by atoms with E-state index >= 15 is 0 Å². The smallest absolute Gasteiger partial charge is 0.187 e. The Bertz CT molecular complexity index is 3780. The molecule has 298 valence electrons. The Morgan fingerprint density at radius 1 is 0.312 bits per heavy atom. The fourth-order valence-electron chi connectivity index (χ4n) is 9.29. The summed E-state index contributed by atoms with van der Waals surface area (Å²) in [6, 6.07) is 78.8.